The van der Waals surface area contributed by atoms with E-state index in [9.17, 15) is 13.2 Å². The van der Waals surface area contributed by atoms with E-state index in [0.29, 0.717) is 36.5 Å². The SMILES string of the molecule is COc1cc(C=CC(=O)N(C)Cc2ccc(C)o2)cc(S(=O)(=O)N2CCc3ccccc32)c1OC. The van der Waals surface area contributed by atoms with Gasteiger partial charge in [0.1, 0.15) is 16.4 Å². The molecule has 2 aromatic carbocycles. The molecule has 0 bridgehead atoms. The van der Waals surface area contributed by atoms with Crippen LogP contribution in [0.2, 0.25) is 0 Å². The highest BCUT2D eigenvalue weighted by molar-refractivity contribution is 7.93. The lowest BCUT2D eigenvalue weighted by Gasteiger charge is -2.22. The highest BCUT2D eigenvalue weighted by Crippen LogP contribution is 2.40. The van der Waals surface area contributed by atoms with Gasteiger partial charge in [0.25, 0.3) is 10.0 Å². The van der Waals surface area contributed by atoms with Gasteiger partial charge in [-0.15, -0.1) is 0 Å². The number of nitrogens with zero attached hydrogens (tertiary/aromatic N) is 2. The molecule has 0 saturated carbocycles. The molecule has 0 aliphatic carbocycles. The van der Waals surface area contributed by atoms with Crippen molar-refractivity contribution in [3.63, 3.8) is 0 Å². The van der Waals surface area contributed by atoms with E-state index in [1.54, 1.807) is 25.3 Å². The minimum absolute atomic E-state index is 0.0254. The van der Waals surface area contributed by atoms with Crippen molar-refractivity contribution in [3.8, 4) is 11.5 Å². The molecule has 0 radical (unpaired) electrons. The van der Waals surface area contributed by atoms with Gasteiger partial charge < -0.3 is 18.8 Å². The number of ether oxygens (including phenoxy) is 2. The molecule has 0 unspecified atom stereocenters. The van der Waals surface area contributed by atoms with Crippen molar-refractivity contribution in [2.45, 2.75) is 24.8 Å². The van der Waals surface area contributed by atoms with E-state index in [0.717, 1.165) is 11.3 Å². The van der Waals surface area contributed by atoms with Crippen molar-refractivity contribution in [2.75, 3.05) is 32.1 Å². The predicted molar refractivity (Wildman–Crippen MR) is 133 cm³/mol. The summed E-state index contributed by atoms with van der Waals surface area (Å²) in [4.78, 5) is 14.1. The van der Waals surface area contributed by atoms with E-state index in [-0.39, 0.29) is 22.3 Å². The molecule has 0 atom stereocenters. The first kappa shape index (κ1) is 24.4. The number of carbonyl (C=O) groups is 1. The summed E-state index contributed by atoms with van der Waals surface area (Å²) < 4.78 is 45.3. The number of amides is 1. The Kier molecular flexibility index (Phi) is 6.88. The smallest absolute Gasteiger partial charge is 0.268 e. The lowest BCUT2D eigenvalue weighted by Crippen LogP contribution is -2.29. The third-order valence-electron chi connectivity index (χ3n) is 5.86. The fourth-order valence-corrected chi connectivity index (χ4v) is 5.80. The summed E-state index contributed by atoms with van der Waals surface area (Å²) >= 11 is 0. The molecule has 8 nitrogen and oxygen atoms in total. The number of para-hydroxylation sites is 1. The van der Waals surface area contributed by atoms with Crippen molar-refractivity contribution in [2.24, 2.45) is 0 Å². The van der Waals surface area contributed by atoms with Crippen LogP contribution in [-0.4, -0.2) is 47.0 Å². The number of fused-ring (bicyclic) bond motifs is 1. The van der Waals surface area contributed by atoms with Crippen LogP contribution in [0.4, 0.5) is 5.69 Å². The standard InChI is InChI=1S/C26H28N2O6S/c1-18-9-11-21(34-18)17-27(2)25(29)12-10-19-15-23(32-3)26(33-4)24(16-19)35(30,31)28-14-13-20-7-5-6-8-22(20)28/h5-12,15-16H,13-14,17H2,1-4H3. The van der Waals surface area contributed by atoms with E-state index < -0.39 is 10.0 Å². The first-order valence-electron chi connectivity index (χ1n) is 11.1. The zero-order valence-corrected chi connectivity index (χ0v) is 21.0. The third kappa shape index (κ3) is 4.90. The van der Waals surface area contributed by atoms with Crippen LogP contribution in [0.5, 0.6) is 11.5 Å². The Morgan fingerprint density at radius 3 is 2.60 bits per heavy atom. The Balaban J connectivity index is 1.65. The van der Waals surface area contributed by atoms with Crippen LogP contribution >= 0.6 is 0 Å². The molecule has 1 amide bonds. The van der Waals surface area contributed by atoms with E-state index in [2.05, 4.69) is 0 Å². The van der Waals surface area contributed by atoms with E-state index >= 15 is 0 Å². The van der Waals surface area contributed by atoms with Gasteiger partial charge in [-0.25, -0.2) is 8.42 Å². The topological polar surface area (TPSA) is 89.3 Å². The number of furan rings is 1. The van der Waals surface area contributed by atoms with Gasteiger partial charge in [-0.2, -0.15) is 0 Å². The predicted octanol–water partition coefficient (Wildman–Crippen LogP) is 4.03. The minimum Gasteiger partial charge on any atom is -0.493 e. The summed E-state index contributed by atoms with van der Waals surface area (Å²) in [6.45, 7) is 2.49. The van der Waals surface area contributed by atoms with Crippen LogP contribution in [-0.2, 0) is 27.8 Å². The molecule has 1 aliphatic rings. The molecule has 9 heteroatoms. The summed E-state index contributed by atoms with van der Waals surface area (Å²) in [6.07, 6.45) is 3.58. The summed E-state index contributed by atoms with van der Waals surface area (Å²) in [7, 11) is 0.554. The number of carbonyl (C=O) groups excluding carboxylic acids is 1. The van der Waals surface area contributed by atoms with E-state index in [4.69, 9.17) is 13.9 Å². The summed E-state index contributed by atoms with van der Waals surface area (Å²) in [5.41, 5.74) is 2.11. The number of anilines is 1. The van der Waals surface area contributed by atoms with Gasteiger partial charge in [-0.3, -0.25) is 9.10 Å². The highest BCUT2D eigenvalue weighted by atomic mass is 32.2. The van der Waals surface area contributed by atoms with Gasteiger partial charge in [0.15, 0.2) is 11.5 Å². The zero-order chi connectivity index (χ0) is 25.2. The molecule has 0 saturated heterocycles. The lowest BCUT2D eigenvalue weighted by atomic mass is 10.2. The summed E-state index contributed by atoms with van der Waals surface area (Å²) in [6, 6.07) is 14.2. The first-order chi connectivity index (χ1) is 16.7. The normalized spacial score (nSPS) is 13.2. The Bertz CT molecular complexity index is 1380. The van der Waals surface area contributed by atoms with Crippen LogP contribution in [0.25, 0.3) is 6.08 Å². The van der Waals surface area contributed by atoms with Crippen molar-refractivity contribution in [3.05, 3.63) is 77.3 Å². The van der Waals surface area contributed by atoms with Crippen LogP contribution in [0.15, 0.2) is 63.9 Å². The fourth-order valence-electron chi connectivity index (χ4n) is 4.09. The van der Waals surface area contributed by atoms with Crippen LogP contribution < -0.4 is 13.8 Å². The number of methoxy groups -OCH3 is 2. The highest BCUT2D eigenvalue weighted by Gasteiger charge is 2.34. The number of aryl methyl sites for hydroxylation is 1. The number of hydrogen-bond acceptors (Lipinski definition) is 6. The molecular formula is C26H28N2O6S. The average molecular weight is 497 g/mol. The Morgan fingerprint density at radius 2 is 1.91 bits per heavy atom. The third-order valence-corrected chi connectivity index (χ3v) is 7.68. The molecule has 184 valence electrons. The van der Waals surface area contributed by atoms with Gasteiger partial charge in [-0.1, -0.05) is 18.2 Å². The number of likely N-dealkylation sites (N-methyl/N-ethyl adjacent to an activating group) is 1. The van der Waals surface area contributed by atoms with Crippen LogP contribution in [0, 0.1) is 6.92 Å². The average Bonchev–Trinajstić information content (AvgIpc) is 3.47. The Hall–Kier alpha value is -3.72. The number of rotatable bonds is 8. The van der Waals surface area contributed by atoms with Crippen molar-refractivity contribution >= 4 is 27.7 Å². The molecule has 0 fully saturated rings. The Labute approximate surface area is 205 Å². The maximum Gasteiger partial charge on any atom is 0.268 e. The second-order valence-electron chi connectivity index (χ2n) is 8.25. The quantitative estimate of drug-likeness (QED) is 0.438. The second-order valence-corrected chi connectivity index (χ2v) is 10.1. The monoisotopic (exact) mass is 496 g/mol. The van der Waals surface area contributed by atoms with Gasteiger partial charge in [0.05, 0.1) is 26.5 Å². The van der Waals surface area contributed by atoms with Gasteiger partial charge in [-0.05, 0) is 60.9 Å². The maximum absolute atomic E-state index is 13.7. The molecule has 35 heavy (non-hydrogen) atoms. The fraction of sp³-hybridized carbons (Fsp3) is 0.269. The summed E-state index contributed by atoms with van der Waals surface area (Å²) in [5.74, 6) is 1.57. The van der Waals surface area contributed by atoms with Crippen molar-refractivity contribution in [1.82, 2.24) is 4.90 Å². The van der Waals surface area contributed by atoms with E-state index in [1.807, 2.05) is 37.3 Å². The Morgan fingerprint density at radius 1 is 1.14 bits per heavy atom. The van der Waals surface area contributed by atoms with E-state index in [1.165, 1.54) is 35.6 Å². The molecule has 0 spiro atoms. The zero-order valence-electron chi connectivity index (χ0n) is 20.1. The largest absolute Gasteiger partial charge is 0.493 e. The maximum atomic E-state index is 13.7. The van der Waals surface area contributed by atoms with Crippen molar-refractivity contribution < 1.29 is 27.1 Å². The van der Waals surface area contributed by atoms with Gasteiger partial charge in [0, 0.05) is 19.7 Å². The number of hydrogen-bond donors (Lipinski definition) is 0. The lowest BCUT2D eigenvalue weighted by molar-refractivity contribution is -0.125. The van der Waals surface area contributed by atoms with Crippen LogP contribution in [0.3, 0.4) is 0 Å². The summed E-state index contributed by atoms with van der Waals surface area (Å²) in [5, 5.41) is 0. The molecule has 2 heterocycles. The molecule has 1 aliphatic heterocycles. The first-order valence-corrected chi connectivity index (χ1v) is 12.5. The van der Waals surface area contributed by atoms with Crippen LogP contribution in [0.1, 0.15) is 22.6 Å². The second kappa shape index (κ2) is 9.87. The van der Waals surface area contributed by atoms with Gasteiger partial charge >= 0.3 is 0 Å². The number of sulfonamides is 1. The number of benzene rings is 2. The molecule has 3 aromatic rings. The molecule has 0 N–H and O–H groups in total. The molecule has 1 aromatic heterocycles. The molecule has 4 rings (SSSR count). The van der Waals surface area contributed by atoms with Gasteiger partial charge in [0.2, 0.25) is 5.91 Å². The van der Waals surface area contributed by atoms with Crippen molar-refractivity contribution in [1.29, 1.82) is 0 Å². The molecular weight excluding hydrogens is 468 g/mol. The minimum atomic E-state index is -3.96.